The van der Waals surface area contributed by atoms with E-state index in [2.05, 4.69) is 34.6 Å². The molecule has 1 saturated carbocycles. The van der Waals surface area contributed by atoms with Crippen molar-refractivity contribution in [2.75, 3.05) is 34.0 Å². The van der Waals surface area contributed by atoms with Gasteiger partial charge in [-0.25, -0.2) is 0 Å². The predicted molar refractivity (Wildman–Crippen MR) is 92.2 cm³/mol. The summed E-state index contributed by atoms with van der Waals surface area (Å²) >= 11 is 0. The van der Waals surface area contributed by atoms with Crippen LogP contribution in [0.4, 0.5) is 0 Å². The van der Waals surface area contributed by atoms with E-state index < -0.39 is 0 Å². The van der Waals surface area contributed by atoms with E-state index in [9.17, 15) is 0 Å². The van der Waals surface area contributed by atoms with Crippen LogP contribution in [0.25, 0.3) is 0 Å². The highest BCUT2D eigenvalue weighted by molar-refractivity contribution is 4.91. The zero-order valence-corrected chi connectivity index (χ0v) is 16.0. The van der Waals surface area contributed by atoms with Gasteiger partial charge in [-0.05, 0) is 38.0 Å². The van der Waals surface area contributed by atoms with Crippen molar-refractivity contribution in [1.29, 1.82) is 0 Å². The molecule has 132 valence electrons. The van der Waals surface area contributed by atoms with Crippen LogP contribution in [0.2, 0.25) is 0 Å². The molecule has 0 bridgehead atoms. The first kappa shape index (κ1) is 19.9. The van der Waals surface area contributed by atoms with Gasteiger partial charge in [-0.2, -0.15) is 0 Å². The fourth-order valence-corrected chi connectivity index (χ4v) is 3.31. The third kappa shape index (κ3) is 4.94. The van der Waals surface area contributed by atoms with Gasteiger partial charge in [-0.15, -0.1) is 0 Å². The molecular formula is C19H38O3. The van der Waals surface area contributed by atoms with Gasteiger partial charge in [0.05, 0.1) is 25.4 Å². The molecule has 0 N–H and O–H groups in total. The summed E-state index contributed by atoms with van der Waals surface area (Å²) in [6, 6.07) is 0. The average Bonchev–Trinajstić information content (AvgIpc) is 2.45. The normalized spacial score (nSPS) is 18.7. The standard InChI is InChI=1S/C19H38O3/c1-17(2,3)18(4,5)22-15-19(13-20-6,14-21-7)16-11-9-8-10-12-16/h16H,8-15H2,1-7H3. The molecule has 0 amide bonds. The number of methoxy groups -OCH3 is 2. The molecule has 0 unspecified atom stereocenters. The lowest BCUT2D eigenvalue weighted by atomic mass is 9.69. The summed E-state index contributed by atoms with van der Waals surface area (Å²) in [5.74, 6) is 0.636. The monoisotopic (exact) mass is 314 g/mol. The Kier molecular flexibility index (Phi) is 7.35. The minimum Gasteiger partial charge on any atom is -0.384 e. The Bertz CT molecular complexity index is 305. The zero-order valence-electron chi connectivity index (χ0n) is 16.0. The van der Waals surface area contributed by atoms with Crippen LogP contribution in [0.1, 0.15) is 66.7 Å². The third-order valence-electron chi connectivity index (χ3n) is 5.86. The van der Waals surface area contributed by atoms with Gasteiger partial charge in [-0.3, -0.25) is 0 Å². The quantitative estimate of drug-likeness (QED) is 0.650. The van der Waals surface area contributed by atoms with Gasteiger partial charge < -0.3 is 14.2 Å². The van der Waals surface area contributed by atoms with E-state index in [0.29, 0.717) is 25.7 Å². The fraction of sp³-hybridized carbons (Fsp3) is 1.00. The molecular weight excluding hydrogens is 276 g/mol. The van der Waals surface area contributed by atoms with Crippen molar-refractivity contribution in [3.8, 4) is 0 Å². The molecule has 22 heavy (non-hydrogen) atoms. The molecule has 1 rings (SSSR count). The largest absolute Gasteiger partial charge is 0.384 e. The summed E-state index contributed by atoms with van der Waals surface area (Å²) in [6.07, 6.45) is 6.55. The zero-order chi connectivity index (χ0) is 16.9. The van der Waals surface area contributed by atoms with Gasteiger partial charge in [0.25, 0.3) is 0 Å². The lowest BCUT2D eigenvalue weighted by Crippen LogP contribution is -2.49. The van der Waals surface area contributed by atoms with E-state index in [0.717, 1.165) is 0 Å². The van der Waals surface area contributed by atoms with Crippen molar-refractivity contribution in [3.63, 3.8) is 0 Å². The maximum atomic E-state index is 6.46. The van der Waals surface area contributed by atoms with E-state index in [4.69, 9.17) is 14.2 Å². The van der Waals surface area contributed by atoms with Gasteiger partial charge in [0.2, 0.25) is 0 Å². The van der Waals surface area contributed by atoms with Crippen LogP contribution in [-0.2, 0) is 14.2 Å². The Morgan fingerprint density at radius 3 is 1.68 bits per heavy atom. The molecule has 0 radical (unpaired) electrons. The van der Waals surface area contributed by atoms with Gasteiger partial charge in [0, 0.05) is 19.6 Å². The maximum absolute atomic E-state index is 6.46. The Morgan fingerprint density at radius 1 is 0.773 bits per heavy atom. The molecule has 0 spiro atoms. The Balaban J connectivity index is 2.88. The second-order valence-electron chi connectivity index (χ2n) is 8.61. The summed E-state index contributed by atoms with van der Waals surface area (Å²) in [4.78, 5) is 0. The molecule has 0 atom stereocenters. The number of hydrogen-bond donors (Lipinski definition) is 0. The molecule has 0 aromatic rings. The van der Waals surface area contributed by atoms with Gasteiger partial charge in [0.15, 0.2) is 0 Å². The molecule has 1 aliphatic carbocycles. The summed E-state index contributed by atoms with van der Waals surface area (Å²) in [6.45, 7) is 13.2. The molecule has 3 nitrogen and oxygen atoms in total. The molecule has 0 heterocycles. The number of ether oxygens (including phenoxy) is 3. The van der Waals surface area contributed by atoms with E-state index >= 15 is 0 Å². The number of hydrogen-bond acceptors (Lipinski definition) is 3. The minimum absolute atomic E-state index is 0.0214. The van der Waals surface area contributed by atoms with Crippen LogP contribution in [0.3, 0.4) is 0 Å². The highest BCUT2D eigenvalue weighted by Crippen LogP contribution is 2.42. The van der Waals surface area contributed by atoms with Crippen molar-refractivity contribution in [3.05, 3.63) is 0 Å². The predicted octanol–water partition coefficient (Wildman–Crippen LogP) is 4.69. The lowest BCUT2D eigenvalue weighted by molar-refractivity contribution is -0.160. The fourth-order valence-electron chi connectivity index (χ4n) is 3.31. The molecule has 1 fully saturated rings. The summed E-state index contributed by atoms with van der Waals surface area (Å²) < 4.78 is 17.7. The highest BCUT2D eigenvalue weighted by atomic mass is 16.5. The van der Waals surface area contributed by atoms with E-state index in [1.807, 2.05) is 0 Å². The van der Waals surface area contributed by atoms with Crippen molar-refractivity contribution >= 4 is 0 Å². The second-order valence-corrected chi connectivity index (χ2v) is 8.61. The smallest absolute Gasteiger partial charge is 0.0674 e. The summed E-state index contributed by atoms with van der Waals surface area (Å²) in [7, 11) is 3.59. The first-order valence-electron chi connectivity index (χ1n) is 8.80. The lowest BCUT2D eigenvalue weighted by Gasteiger charge is -2.46. The molecule has 0 saturated heterocycles. The van der Waals surface area contributed by atoms with Crippen molar-refractivity contribution < 1.29 is 14.2 Å². The minimum atomic E-state index is -0.172. The molecule has 0 aromatic carbocycles. The molecule has 0 aliphatic heterocycles. The van der Waals surface area contributed by atoms with Crippen LogP contribution in [0.15, 0.2) is 0 Å². The first-order chi connectivity index (χ1) is 10.2. The van der Waals surface area contributed by atoms with E-state index in [-0.39, 0.29) is 16.4 Å². The van der Waals surface area contributed by atoms with E-state index in [1.165, 1.54) is 32.1 Å². The molecule has 1 aliphatic rings. The second kappa shape index (κ2) is 8.12. The maximum Gasteiger partial charge on any atom is 0.0674 e. The Morgan fingerprint density at radius 2 is 1.27 bits per heavy atom. The Hall–Kier alpha value is -0.120. The van der Waals surface area contributed by atoms with Crippen LogP contribution >= 0.6 is 0 Å². The van der Waals surface area contributed by atoms with Crippen LogP contribution in [0, 0.1) is 16.7 Å². The summed E-state index contributed by atoms with van der Waals surface area (Å²) in [5.41, 5.74) is -0.0910. The topological polar surface area (TPSA) is 27.7 Å². The van der Waals surface area contributed by atoms with Crippen LogP contribution < -0.4 is 0 Å². The van der Waals surface area contributed by atoms with Crippen molar-refractivity contribution in [2.45, 2.75) is 72.3 Å². The third-order valence-corrected chi connectivity index (χ3v) is 5.86. The Labute approximate surface area is 138 Å². The highest BCUT2D eigenvalue weighted by Gasteiger charge is 2.43. The SMILES string of the molecule is COCC(COC)(COC(C)(C)C(C)(C)C)C1CCCCC1. The molecule has 3 heteroatoms. The van der Waals surface area contributed by atoms with Crippen LogP contribution in [-0.4, -0.2) is 39.6 Å². The number of rotatable bonds is 8. The van der Waals surface area contributed by atoms with E-state index in [1.54, 1.807) is 14.2 Å². The van der Waals surface area contributed by atoms with Crippen molar-refractivity contribution in [1.82, 2.24) is 0 Å². The van der Waals surface area contributed by atoms with Gasteiger partial charge in [0.1, 0.15) is 0 Å². The average molecular weight is 315 g/mol. The van der Waals surface area contributed by atoms with Gasteiger partial charge in [-0.1, -0.05) is 40.0 Å². The molecule has 0 aromatic heterocycles. The van der Waals surface area contributed by atoms with Gasteiger partial charge >= 0.3 is 0 Å². The first-order valence-corrected chi connectivity index (χ1v) is 8.80. The van der Waals surface area contributed by atoms with Crippen LogP contribution in [0.5, 0.6) is 0 Å². The summed E-state index contributed by atoms with van der Waals surface area (Å²) in [5, 5.41) is 0. The van der Waals surface area contributed by atoms with Crippen molar-refractivity contribution in [2.24, 2.45) is 16.7 Å².